The van der Waals surface area contributed by atoms with Crippen molar-refractivity contribution < 1.29 is 24.2 Å². The molecular formula is C39H64O5. The highest BCUT2D eigenvalue weighted by Gasteiger charge is 2.15. The van der Waals surface area contributed by atoms with Gasteiger partial charge in [0.25, 0.3) is 0 Å². The Kier molecular flexibility index (Phi) is 32.7. The zero-order valence-corrected chi connectivity index (χ0v) is 28.1. The van der Waals surface area contributed by atoms with Gasteiger partial charge in [0, 0.05) is 12.8 Å². The highest BCUT2D eigenvalue weighted by molar-refractivity contribution is 5.70. The number of aliphatic hydroxyl groups excluding tert-OH is 1. The molecule has 0 spiro atoms. The fourth-order valence-corrected chi connectivity index (χ4v) is 4.35. The second-order valence-corrected chi connectivity index (χ2v) is 11.2. The SMILES string of the molecule is CC/C=C\C/C=C\C/C=C\C/C=C\C/C=C\CCCC(=O)O[C@@H](CO)COC(=O)CCCCCCC/C=C\CCCCCC. The molecular weight excluding hydrogens is 548 g/mol. The van der Waals surface area contributed by atoms with Crippen LogP contribution in [0.1, 0.15) is 142 Å². The van der Waals surface area contributed by atoms with Gasteiger partial charge in [-0.1, -0.05) is 125 Å². The Balaban J connectivity index is 3.74. The highest BCUT2D eigenvalue weighted by atomic mass is 16.6. The summed E-state index contributed by atoms with van der Waals surface area (Å²) in [5.74, 6) is -0.678. The summed E-state index contributed by atoms with van der Waals surface area (Å²) in [4.78, 5) is 24.1. The van der Waals surface area contributed by atoms with Crippen LogP contribution in [0.2, 0.25) is 0 Å². The molecule has 1 N–H and O–H groups in total. The van der Waals surface area contributed by atoms with Crippen LogP contribution in [0.25, 0.3) is 0 Å². The summed E-state index contributed by atoms with van der Waals surface area (Å²) in [5, 5.41) is 9.51. The molecule has 5 heteroatoms. The van der Waals surface area contributed by atoms with Crippen LogP contribution in [-0.2, 0) is 19.1 Å². The highest BCUT2D eigenvalue weighted by Crippen LogP contribution is 2.10. The molecule has 0 saturated heterocycles. The lowest BCUT2D eigenvalue weighted by molar-refractivity contribution is -0.161. The molecule has 0 aliphatic carbocycles. The summed E-state index contributed by atoms with van der Waals surface area (Å²) in [7, 11) is 0. The van der Waals surface area contributed by atoms with Gasteiger partial charge in [0.2, 0.25) is 0 Å². The van der Waals surface area contributed by atoms with Gasteiger partial charge in [-0.3, -0.25) is 9.59 Å². The lowest BCUT2D eigenvalue weighted by Crippen LogP contribution is -2.28. The minimum atomic E-state index is -0.806. The topological polar surface area (TPSA) is 72.8 Å². The first-order valence-electron chi connectivity index (χ1n) is 17.5. The Bertz CT molecular complexity index is 833. The number of aliphatic hydroxyl groups is 1. The fourth-order valence-electron chi connectivity index (χ4n) is 4.35. The molecule has 0 aromatic rings. The van der Waals surface area contributed by atoms with E-state index in [-0.39, 0.29) is 31.6 Å². The third-order valence-electron chi connectivity index (χ3n) is 6.98. The zero-order chi connectivity index (χ0) is 32.2. The molecule has 0 saturated carbocycles. The lowest BCUT2D eigenvalue weighted by atomic mass is 10.1. The number of carbonyl (C=O) groups excluding carboxylic acids is 2. The number of hydrogen-bond donors (Lipinski definition) is 1. The van der Waals surface area contributed by atoms with Crippen molar-refractivity contribution in [1.29, 1.82) is 0 Å². The van der Waals surface area contributed by atoms with E-state index < -0.39 is 6.10 Å². The maximum absolute atomic E-state index is 12.1. The summed E-state index contributed by atoms with van der Waals surface area (Å²) in [5.41, 5.74) is 0. The smallest absolute Gasteiger partial charge is 0.306 e. The summed E-state index contributed by atoms with van der Waals surface area (Å²) in [6.45, 7) is 3.92. The van der Waals surface area contributed by atoms with Gasteiger partial charge in [0.15, 0.2) is 6.10 Å². The van der Waals surface area contributed by atoms with Gasteiger partial charge in [-0.05, 0) is 77.0 Å². The number of hydrogen-bond acceptors (Lipinski definition) is 5. The van der Waals surface area contributed by atoms with Gasteiger partial charge < -0.3 is 14.6 Å². The molecule has 0 amide bonds. The first-order valence-corrected chi connectivity index (χ1v) is 17.5. The van der Waals surface area contributed by atoms with Crippen LogP contribution in [0.4, 0.5) is 0 Å². The molecule has 0 radical (unpaired) electrons. The minimum absolute atomic E-state index is 0.0966. The quantitative estimate of drug-likeness (QED) is 0.0496. The minimum Gasteiger partial charge on any atom is -0.462 e. The number of allylic oxidation sites excluding steroid dienone is 12. The van der Waals surface area contributed by atoms with Gasteiger partial charge in [0.1, 0.15) is 6.61 Å². The van der Waals surface area contributed by atoms with Gasteiger partial charge in [-0.25, -0.2) is 0 Å². The molecule has 0 bridgehead atoms. The van der Waals surface area contributed by atoms with Crippen molar-refractivity contribution >= 4 is 11.9 Å². The average Bonchev–Trinajstić information content (AvgIpc) is 3.02. The van der Waals surface area contributed by atoms with Crippen LogP contribution in [0.5, 0.6) is 0 Å². The number of unbranched alkanes of at least 4 members (excludes halogenated alkanes) is 10. The summed E-state index contributed by atoms with van der Waals surface area (Å²) < 4.78 is 10.5. The Labute approximate surface area is 270 Å². The first kappa shape index (κ1) is 41.3. The number of esters is 2. The van der Waals surface area contributed by atoms with Crippen LogP contribution in [0.3, 0.4) is 0 Å². The Morgan fingerprint density at radius 1 is 0.545 bits per heavy atom. The molecule has 1 atom stereocenters. The van der Waals surface area contributed by atoms with Gasteiger partial charge in [-0.15, -0.1) is 0 Å². The third kappa shape index (κ3) is 32.3. The summed E-state index contributed by atoms with van der Waals surface area (Å²) in [6, 6.07) is 0. The molecule has 0 aliphatic rings. The van der Waals surface area contributed by atoms with Crippen molar-refractivity contribution in [2.24, 2.45) is 0 Å². The second-order valence-electron chi connectivity index (χ2n) is 11.2. The zero-order valence-electron chi connectivity index (χ0n) is 28.1. The predicted molar refractivity (Wildman–Crippen MR) is 186 cm³/mol. The van der Waals surface area contributed by atoms with E-state index in [1.165, 1.54) is 44.9 Å². The lowest BCUT2D eigenvalue weighted by Gasteiger charge is -2.15. The van der Waals surface area contributed by atoms with E-state index in [0.717, 1.165) is 64.2 Å². The fraction of sp³-hybridized carbons (Fsp3) is 0.641. The van der Waals surface area contributed by atoms with Gasteiger partial charge in [-0.2, -0.15) is 0 Å². The molecule has 250 valence electrons. The van der Waals surface area contributed by atoms with E-state index in [1.54, 1.807) is 0 Å². The van der Waals surface area contributed by atoms with E-state index in [0.29, 0.717) is 12.8 Å². The molecule has 0 unspecified atom stereocenters. The van der Waals surface area contributed by atoms with Crippen molar-refractivity contribution in [2.75, 3.05) is 13.2 Å². The third-order valence-corrected chi connectivity index (χ3v) is 6.98. The van der Waals surface area contributed by atoms with Crippen LogP contribution >= 0.6 is 0 Å². The van der Waals surface area contributed by atoms with Crippen LogP contribution in [-0.4, -0.2) is 36.4 Å². The molecule has 0 heterocycles. The summed E-state index contributed by atoms with van der Waals surface area (Å²) in [6.07, 6.45) is 45.3. The van der Waals surface area contributed by atoms with E-state index in [2.05, 4.69) is 86.8 Å². The van der Waals surface area contributed by atoms with Crippen molar-refractivity contribution in [3.8, 4) is 0 Å². The monoisotopic (exact) mass is 612 g/mol. The van der Waals surface area contributed by atoms with Gasteiger partial charge >= 0.3 is 11.9 Å². The average molecular weight is 613 g/mol. The van der Waals surface area contributed by atoms with Crippen molar-refractivity contribution in [3.05, 3.63) is 72.9 Å². The molecule has 0 fully saturated rings. The van der Waals surface area contributed by atoms with Crippen LogP contribution in [0, 0.1) is 0 Å². The molecule has 5 nitrogen and oxygen atoms in total. The number of carbonyl (C=O) groups is 2. The van der Waals surface area contributed by atoms with Crippen LogP contribution < -0.4 is 0 Å². The number of ether oxygens (including phenoxy) is 2. The Morgan fingerprint density at radius 3 is 1.57 bits per heavy atom. The normalized spacial score (nSPS) is 13.1. The van der Waals surface area contributed by atoms with E-state index in [9.17, 15) is 14.7 Å². The molecule has 0 aromatic carbocycles. The van der Waals surface area contributed by atoms with Crippen molar-refractivity contribution in [1.82, 2.24) is 0 Å². The Morgan fingerprint density at radius 2 is 1.00 bits per heavy atom. The molecule has 0 aromatic heterocycles. The molecule has 0 rings (SSSR count). The molecule has 44 heavy (non-hydrogen) atoms. The van der Waals surface area contributed by atoms with Crippen molar-refractivity contribution in [2.45, 2.75) is 148 Å². The van der Waals surface area contributed by atoms with Crippen LogP contribution in [0.15, 0.2) is 72.9 Å². The Hall–Kier alpha value is -2.66. The standard InChI is InChI=1S/C39H64O5/c1-3-5-7-9-11-13-15-17-18-19-20-22-24-26-28-30-32-34-39(42)44-37(35-40)36-43-38(41)33-31-29-27-25-23-21-16-14-12-10-8-6-4-2/h5,7,11,13-14,16-18,20,22,26,28,37,40H,3-4,6,8-10,12,15,19,21,23-25,27,29-36H2,1-2H3/b7-5-,13-11-,16-14-,18-17-,22-20-,28-26-/t37-/m0/s1. The maximum Gasteiger partial charge on any atom is 0.306 e. The maximum atomic E-state index is 12.1. The summed E-state index contributed by atoms with van der Waals surface area (Å²) >= 11 is 0. The van der Waals surface area contributed by atoms with Gasteiger partial charge in [0.05, 0.1) is 6.61 Å². The molecule has 0 aliphatic heterocycles. The largest absolute Gasteiger partial charge is 0.462 e. The van der Waals surface area contributed by atoms with Crippen molar-refractivity contribution in [3.63, 3.8) is 0 Å². The van der Waals surface area contributed by atoms with E-state index >= 15 is 0 Å². The van der Waals surface area contributed by atoms with E-state index in [4.69, 9.17) is 9.47 Å². The van der Waals surface area contributed by atoms with E-state index in [1.807, 2.05) is 0 Å². The first-order chi connectivity index (χ1) is 21.6. The number of rotatable bonds is 30. The predicted octanol–water partition coefficient (Wildman–Crippen LogP) is 10.6. The second kappa shape index (κ2) is 34.8.